The van der Waals surface area contributed by atoms with Gasteiger partial charge in [-0.05, 0) is 54.1 Å². The SMILES string of the molecule is N#COc1ccc(C(=O)c2ccc(COOc3ccc(N=C=O)cc3)cc2)cc1. The van der Waals surface area contributed by atoms with E-state index in [0.717, 1.165) is 5.56 Å². The fourth-order valence-corrected chi connectivity index (χ4v) is 2.44. The molecule has 0 aliphatic carbocycles. The number of hydrogen-bond acceptors (Lipinski definition) is 7. The van der Waals surface area contributed by atoms with Crippen LogP contribution in [-0.2, 0) is 16.3 Å². The topological polar surface area (TPSA) is 98.0 Å². The zero-order chi connectivity index (χ0) is 20.5. The third kappa shape index (κ3) is 5.37. The lowest BCUT2D eigenvalue weighted by Gasteiger charge is -2.06. The number of benzene rings is 3. The Morgan fingerprint density at radius 3 is 2.03 bits per heavy atom. The largest absolute Gasteiger partial charge is 0.388 e. The molecule has 7 nitrogen and oxygen atoms in total. The predicted molar refractivity (Wildman–Crippen MR) is 102 cm³/mol. The number of ether oxygens (including phenoxy) is 1. The van der Waals surface area contributed by atoms with Crippen molar-refractivity contribution in [3.8, 4) is 17.8 Å². The van der Waals surface area contributed by atoms with Crippen molar-refractivity contribution in [3.63, 3.8) is 0 Å². The summed E-state index contributed by atoms with van der Waals surface area (Å²) in [4.78, 5) is 36.6. The molecule has 0 spiro atoms. The Kier molecular flexibility index (Phi) is 6.48. The quantitative estimate of drug-likeness (QED) is 0.143. The van der Waals surface area contributed by atoms with Gasteiger partial charge in [-0.25, -0.2) is 4.79 Å². The molecule has 0 saturated heterocycles. The molecule has 0 aromatic heterocycles. The minimum absolute atomic E-state index is 0.143. The van der Waals surface area contributed by atoms with Gasteiger partial charge in [0, 0.05) is 11.1 Å². The van der Waals surface area contributed by atoms with Gasteiger partial charge in [-0.2, -0.15) is 9.88 Å². The number of nitriles is 1. The van der Waals surface area contributed by atoms with E-state index in [2.05, 4.69) is 4.99 Å². The molecule has 0 amide bonds. The van der Waals surface area contributed by atoms with Crippen molar-refractivity contribution in [2.45, 2.75) is 6.61 Å². The molecular formula is C22H14N2O5. The number of carbonyl (C=O) groups excluding carboxylic acids is 2. The lowest BCUT2D eigenvalue weighted by atomic mass is 10.0. The summed E-state index contributed by atoms with van der Waals surface area (Å²) in [5.74, 6) is 0.698. The molecular weight excluding hydrogens is 372 g/mol. The van der Waals surface area contributed by atoms with Crippen molar-refractivity contribution in [3.05, 3.63) is 89.5 Å². The number of isocyanates is 1. The first-order valence-corrected chi connectivity index (χ1v) is 8.46. The van der Waals surface area contributed by atoms with Crippen LogP contribution in [0.3, 0.4) is 0 Å². The summed E-state index contributed by atoms with van der Waals surface area (Å²) in [6.45, 7) is 0.183. The first-order chi connectivity index (χ1) is 14.2. The Hall–Kier alpha value is -4.24. The molecule has 3 aromatic rings. The molecule has 0 N–H and O–H groups in total. The summed E-state index contributed by atoms with van der Waals surface area (Å²) >= 11 is 0. The standard InChI is InChI=1S/C22H14N2O5/c23-14-27-20-9-5-18(6-10-20)22(26)17-3-1-16(2-4-17)13-28-29-21-11-7-19(8-12-21)24-15-25/h1-12H,13H2. The molecule has 0 atom stereocenters. The maximum atomic E-state index is 12.5. The number of nitrogens with zero attached hydrogens (tertiary/aromatic N) is 2. The first-order valence-electron chi connectivity index (χ1n) is 8.46. The summed E-state index contributed by atoms with van der Waals surface area (Å²) in [5.41, 5.74) is 2.31. The van der Waals surface area contributed by atoms with Crippen LogP contribution in [0.15, 0.2) is 77.8 Å². The van der Waals surface area contributed by atoms with E-state index < -0.39 is 0 Å². The second-order valence-electron chi connectivity index (χ2n) is 5.79. The van der Waals surface area contributed by atoms with Gasteiger partial charge in [0.15, 0.2) is 11.5 Å². The summed E-state index contributed by atoms with van der Waals surface area (Å²) in [7, 11) is 0. The Labute approximate surface area is 166 Å². The average molecular weight is 386 g/mol. The molecule has 0 bridgehead atoms. The Morgan fingerprint density at radius 2 is 1.45 bits per heavy atom. The van der Waals surface area contributed by atoms with Crippen LogP contribution >= 0.6 is 0 Å². The molecule has 0 saturated carbocycles. The average Bonchev–Trinajstić information content (AvgIpc) is 2.76. The molecule has 0 fully saturated rings. The number of carbonyl (C=O) groups is 1. The molecule has 0 heterocycles. The maximum absolute atomic E-state index is 12.5. The number of aliphatic imine (C=N–C) groups is 1. The number of rotatable bonds is 8. The van der Waals surface area contributed by atoms with Crippen molar-refractivity contribution in [2.75, 3.05) is 0 Å². The van der Waals surface area contributed by atoms with Crippen LogP contribution in [0, 0.1) is 11.5 Å². The molecule has 7 heteroatoms. The summed E-state index contributed by atoms with van der Waals surface area (Å²) in [6, 6.07) is 19.7. The lowest BCUT2D eigenvalue weighted by Crippen LogP contribution is -2.02. The molecule has 142 valence electrons. The smallest absolute Gasteiger partial charge is 0.292 e. The van der Waals surface area contributed by atoms with Crippen molar-refractivity contribution in [2.24, 2.45) is 4.99 Å². The highest BCUT2D eigenvalue weighted by Crippen LogP contribution is 2.19. The van der Waals surface area contributed by atoms with Gasteiger partial charge in [-0.1, -0.05) is 24.3 Å². The highest BCUT2D eigenvalue weighted by atomic mass is 17.2. The van der Waals surface area contributed by atoms with E-state index in [9.17, 15) is 9.59 Å². The van der Waals surface area contributed by atoms with Crippen LogP contribution in [0.1, 0.15) is 21.5 Å². The Balaban J connectivity index is 1.54. The summed E-state index contributed by atoms with van der Waals surface area (Å²) < 4.78 is 4.70. The normalized spacial score (nSPS) is 9.76. The third-order valence-electron chi connectivity index (χ3n) is 3.89. The molecule has 29 heavy (non-hydrogen) atoms. The van der Waals surface area contributed by atoms with E-state index in [-0.39, 0.29) is 12.4 Å². The van der Waals surface area contributed by atoms with Gasteiger partial charge in [0.25, 0.3) is 6.26 Å². The summed E-state index contributed by atoms with van der Waals surface area (Å²) in [5, 5.41) is 8.48. The number of ketones is 1. The van der Waals surface area contributed by atoms with E-state index in [0.29, 0.717) is 28.3 Å². The molecule has 0 unspecified atom stereocenters. The fourth-order valence-electron chi connectivity index (χ4n) is 2.44. The molecule has 0 radical (unpaired) electrons. The number of hydrogen-bond donors (Lipinski definition) is 0. The first kappa shape index (κ1) is 19.5. The Morgan fingerprint density at radius 1 is 0.862 bits per heavy atom. The van der Waals surface area contributed by atoms with Gasteiger partial charge in [-0.3, -0.25) is 4.79 Å². The van der Waals surface area contributed by atoms with E-state index >= 15 is 0 Å². The fraction of sp³-hybridized carbons (Fsp3) is 0.0455. The molecule has 3 aromatic carbocycles. The lowest BCUT2D eigenvalue weighted by molar-refractivity contribution is -0.217. The van der Waals surface area contributed by atoms with Gasteiger partial charge in [-0.15, -0.1) is 5.26 Å². The van der Waals surface area contributed by atoms with Crippen LogP contribution < -0.4 is 9.62 Å². The minimum Gasteiger partial charge on any atom is -0.388 e. The van der Waals surface area contributed by atoms with Crippen LogP contribution in [0.2, 0.25) is 0 Å². The van der Waals surface area contributed by atoms with E-state index in [1.165, 1.54) is 6.08 Å². The third-order valence-corrected chi connectivity index (χ3v) is 3.89. The molecule has 0 aliphatic rings. The van der Waals surface area contributed by atoms with Gasteiger partial charge in [0.2, 0.25) is 6.08 Å². The van der Waals surface area contributed by atoms with Gasteiger partial charge in [0.1, 0.15) is 12.4 Å². The van der Waals surface area contributed by atoms with E-state index in [1.807, 2.05) is 0 Å². The van der Waals surface area contributed by atoms with Crippen LogP contribution in [0.4, 0.5) is 5.69 Å². The van der Waals surface area contributed by atoms with E-state index in [1.54, 1.807) is 79.1 Å². The van der Waals surface area contributed by atoms with Crippen LogP contribution in [0.5, 0.6) is 11.5 Å². The predicted octanol–water partition coefficient (Wildman–Crippen LogP) is 4.26. The zero-order valence-corrected chi connectivity index (χ0v) is 15.1. The van der Waals surface area contributed by atoms with Crippen LogP contribution in [0.25, 0.3) is 0 Å². The monoisotopic (exact) mass is 386 g/mol. The van der Waals surface area contributed by atoms with Crippen molar-refractivity contribution in [1.82, 2.24) is 0 Å². The molecule has 3 rings (SSSR count). The second-order valence-corrected chi connectivity index (χ2v) is 5.79. The minimum atomic E-state index is -0.143. The highest BCUT2D eigenvalue weighted by Gasteiger charge is 2.09. The zero-order valence-electron chi connectivity index (χ0n) is 15.1. The van der Waals surface area contributed by atoms with Crippen molar-refractivity contribution in [1.29, 1.82) is 5.26 Å². The summed E-state index contributed by atoms with van der Waals surface area (Å²) in [6.07, 6.45) is 3.04. The van der Waals surface area contributed by atoms with Crippen molar-refractivity contribution < 1.29 is 24.1 Å². The second kappa shape index (κ2) is 9.62. The highest BCUT2D eigenvalue weighted by molar-refractivity contribution is 6.09. The van der Waals surface area contributed by atoms with Crippen molar-refractivity contribution >= 4 is 17.6 Å². The van der Waals surface area contributed by atoms with Crippen LogP contribution in [-0.4, -0.2) is 11.9 Å². The molecule has 0 aliphatic heterocycles. The Bertz CT molecular complexity index is 1060. The van der Waals surface area contributed by atoms with Gasteiger partial charge in [0.05, 0.1) is 5.69 Å². The van der Waals surface area contributed by atoms with E-state index in [4.69, 9.17) is 19.8 Å². The van der Waals surface area contributed by atoms with Gasteiger partial charge < -0.3 is 9.62 Å². The van der Waals surface area contributed by atoms with Gasteiger partial charge >= 0.3 is 0 Å². The maximum Gasteiger partial charge on any atom is 0.292 e.